The molecule has 1 amide bonds. The Morgan fingerprint density at radius 2 is 1.74 bits per heavy atom. The minimum absolute atomic E-state index is 0.0715. The molecular formula is C20H20N2O5. The Kier molecular flexibility index (Phi) is 7.08. The number of nitrogens with one attached hydrogen (secondary N) is 1. The summed E-state index contributed by atoms with van der Waals surface area (Å²) >= 11 is 0. The third-order valence-corrected chi connectivity index (χ3v) is 3.53. The van der Waals surface area contributed by atoms with E-state index in [0.29, 0.717) is 28.7 Å². The Balaban J connectivity index is 2.09. The quantitative estimate of drug-likeness (QED) is 0.719. The van der Waals surface area contributed by atoms with E-state index in [1.165, 1.54) is 27.4 Å². The highest BCUT2D eigenvalue weighted by atomic mass is 16.5. The van der Waals surface area contributed by atoms with Crippen molar-refractivity contribution in [1.29, 1.82) is 5.26 Å². The van der Waals surface area contributed by atoms with Crippen LogP contribution < -0.4 is 24.3 Å². The van der Waals surface area contributed by atoms with E-state index in [4.69, 9.17) is 24.2 Å². The number of rotatable bonds is 8. The molecule has 7 nitrogen and oxygen atoms in total. The largest absolute Gasteiger partial charge is 0.497 e. The van der Waals surface area contributed by atoms with Crippen LogP contribution >= 0.6 is 0 Å². The Hall–Kier alpha value is -3.66. The van der Waals surface area contributed by atoms with Crippen molar-refractivity contribution in [3.8, 4) is 29.1 Å². The van der Waals surface area contributed by atoms with Gasteiger partial charge in [-0.05, 0) is 23.8 Å². The summed E-state index contributed by atoms with van der Waals surface area (Å²) in [5, 5.41) is 11.3. The average molecular weight is 368 g/mol. The van der Waals surface area contributed by atoms with Crippen LogP contribution in [0.15, 0.2) is 42.5 Å². The normalized spacial score (nSPS) is 10.1. The number of carbonyl (C=O) groups excluding carboxylic acids is 1. The smallest absolute Gasteiger partial charge is 0.248 e. The van der Waals surface area contributed by atoms with E-state index in [2.05, 4.69) is 5.32 Å². The second-order valence-corrected chi connectivity index (χ2v) is 5.28. The van der Waals surface area contributed by atoms with Gasteiger partial charge in [0.1, 0.15) is 17.6 Å². The highest BCUT2D eigenvalue weighted by molar-refractivity contribution is 6.02. The third-order valence-electron chi connectivity index (χ3n) is 3.53. The molecule has 140 valence electrons. The molecule has 0 bridgehead atoms. The molecule has 2 rings (SSSR count). The van der Waals surface area contributed by atoms with Crippen molar-refractivity contribution in [2.24, 2.45) is 0 Å². The molecule has 0 saturated heterocycles. The molecule has 0 atom stereocenters. The van der Waals surface area contributed by atoms with Gasteiger partial charge in [0.25, 0.3) is 0 Å². The molecule has 0 aliphatic heterocycles. The second kappa shape index (κ2) is 9.73. The van der Waals surface area contributed by atoms with E-state index in [1.807, 2.05) is 6.07 Å². The van der Waals surface area contributed by atoms with Crippen molar-refractivity contribution in [1.82, 2.24) is 0 Å². The Morgan fingerprint density at radius 3 is 2.33 bits per heavy atom. The standard InChI is InChI=1S/C20H20N2O5/c1-24-16-11-15(12-17(13-16)25-2)22-20(23)7-5-14-4-6-18(27-9-8-21)19(10-14)26-3/h4-7,10-13H,9H2,1-3H3,(H,22,23)/b7-5+. The molecule has 2 aromatic carbocycles. The summed E-state index contributed by atoms with van der Waals surface area (Å²) in [7, 11) is 4.58. The number of benzene rings is 2. The fraction of sp³-hybridized carbons (Fsp3) is 0.200. The zero-order valence-corrected chi connectivity index (χ0v) is 15.3. The zero-order chi connectivity index (χ0) is 19.6. The summed E-state index contributed by atoms with van der Waals surface area (Å²) in [6, 6.07) is 12.2. The molecule has 0 aromatic heterocycles. The Bertz CT molecular complexity index is 849. The molecule has 7 heteroatoms. The molecule has 0 aliphatic carbocycles. The lowest BCUT2D eigenvalue weighted by Crippen LogP contribution is -2.08. The van der Waals surface area contributed by atoms with Crippen molar-refractivity contribution < 1.29 is 23.7 Å². The predicted molar refractivity (Wildman–Crippen MR) is 101 cm³/mol. The predicted octanol–water partition coefficient (Wildman–Crippen LogP) is 3.27. The lowest BCUT2D eigenvalue weighted by Gasteiger charge is -2.09. The topological polar surface area (TPSA) is 89.8 Å². The van der Waals surface area contributed by atoms with Gasteiger partial charge in [-0.15, -0.1) is 0 Å². The van der Waals surface area contributed by atoms with Gasteiger partial charge in [0.2, 0.25) is 5.91 Å². The van der Waals surface area contributed by atoms with E-state index in [1.54, 1.807) is 42.5 Å². The van der Waals surface area contributed by atoms with Crippen LogP contribution in [0.25, 0.3) is 6.08 Å². The highest BCUT2D eigenvalue weighted by Gasteiger charge is 2.06. The summed E-state index contributed by atoms with van der Waals surface area (Å²) in [5.41, 5.74) is 1.30. The van der Waals surface area contributed by atoms with E-state index in [9.17, 15) is 4.79 Å². The van der Waals surface area contributed by atoms with Crippen molar-refractivity contribution >= 4 is 17.7 Å². The first-order valence-electron chi connectivity index (χ1n) is 7.99. The lowest BCUT2D eigenvalue weighted by molar-refractivity contribution is -0.111. The maximum Gasteiger partial charge on any atom is 0.248 e. The molecule has 0 unspecified atom stereocenters. The van der Waals surface area contributed by atoms with Crippen molar-refractivity contribution in [2.75, 3.05) is 33.3 Å². The number of hydrogen-bond donors (Lipinski definition) is 1. The van der Waals surface area contributed by atoms with Crippen LogP contribution in [0.5, 0.6) is 23.0 Å². The summed E-state index contributed by atoms with van der Waals surface area (Å²) in [6.07, 6.45) is 3.04. The first kappa shape index (κ1) is 19.7. The molecular weight excluding hydrogens is 348 g/mol. The van der Waals surface area contributed by atoms with Gasteiger partial charge in [-0.25, -0.2) is 0 Å². The van der Waals surface area contributed by atoms with Crippen LogP contribution in [0.4, 0.5) is 5.69 Å². The molecule has 27 heavy (non-hydrogen) atoms. The van der Waals surface area contributed by atoms with Gasteiger partial charge in [0.15, 0.2) is 18.1 Å². The van der Waals surface area contributed by atoms with Crippen LogP contribution in [0, 0.1) is 11.3 Å². The minimum atomic E-state index is -0.311. The molecule has 0 fully saturated rings. The van der Waals surface area contributed by atoms with Gasteiger partial charge in [0, 0.05) is 30.0 Å². The third kappa shape index (κ3) is 5.68. The summed E-state index contributed by atoms with van der Waals surface area (Å²) < 4.78 is 20.9. The van der Waals surface area contributed by atoms with Crippen molar-refractivity contribution in [2.45, 2.75) is 0 Å². The number of carbonyl (C=O) groups is 1. The fourth-order valence-electron chi connectivity index (χ4n) is 2.25. The Morgan fingerprint density at radius 1 is 1.04 bits per heavy atom. The van der Waals surface area contributed by atoms with Crippen LogP contribution in [-0.2, 0) is 4.79 Å². The summed E-state index contributed by atoms with van der Waals surface area (Å²) in [6.45, 7) is -0.0715. The van der Waals surface area contributed by atoms with Gasteiger partial charge in [-0.1, -0.05) is 6.07 Å². The second-order valence-electron chi connectivity index (χ2n) is 5.28. The van der Waals surface area contributed by atoms with Crippen LogP contribution in [0.2, 0.25) is 0 Å². The maximum atomic E-state index is 12.2. The van der Waals surface area contributed by atoms with E-state index < -0.39 is 0 Å². The average Bonchev–Trinajstić information content (AvgIpc) is 2.70. The van der Waals surface area contributed by atoms with Crippen LogP contribution in [-0.4, -0.2) is 33.8 Å². The van der Waals surface area contributed by atoms with Gasteiger partial charge >= 0.3 is 0 Å². The van der Waals surface area contributed by atoms with Crippen molar-refractivity contribution in [3.63, 3.8) is 0 Å². The maximum absolute atomic E-state index is 12.2. The molecule has 0 saturated carbocycles. The van der Waals surface area contributed by atoms with E-state index >= 15 is 0 Å². The monoisotopic (exact) mass is 368 g/mol. The first-order chi connectivity index (χ1) is 13.1. The summed E-state index contributed by atoms with van der Waals surface area (Å²) in [5.74, 6) is 1.78. The summed E-state index contributed by atoms with van der Waals surface area (Å²) in [4.78, 5) is 12.2. The van der Waals surface area contributed by atoms with Gasteiger partial charge < -0.3 is 24.3 Å². The number of ether oxygens (including phenoxy) is 4. The van der Waals surface area contributed by atoms with Crippen LogP contribution in [0.3, 0.4) is 0 Å². The molecule has 0 heterocycles. The zero-order valence-electron chi connectivity index (χ0n) is 15.3. The number of amides is 1. The van der Waals surface area contributed by atoms with Crippen LogP contribution in [0.1, 0.15) is 5.56 Å². The lowest BCUT2D eigenvalue weighted by atomic mass is 10.2. The minimum Gasteiger partial charge on any atom is -0.497 e. The highest BCUT2D eigenvalue weighted by Crippen LogP contribution is 2.29. The molecule has 0 radical (unpaired) electrons. The van der Waals surface area contributed by atoms with Gasteiger partial charge in [0.05, 0.1) is 21.3 Å². The number of hydrogen-bond acceptors (Lipinski definition) is 6. The van der Waals surface area contributed by atoms with Gasteiger partial charge in [-0.3, -0.25) is 4.79 Å². The van der Waals surface area contributed by atoms with Crippen molar-refractivity contribution in [3.05, 3.63) is 48.0 Å². The molecule has 0 spiro atoms. The van der Waals surface area contributed by atoms with Gasteiger partial charge in [-0.2, -0.15) is 5.26 Å². The first-order valence-corrected chi connectivity index (χ1v) is 7.99. The number of methoxy groups -OCH3 is 3. The Labute approximate surface area is 157 Å². The molecule has 2 aromatic rings. The fourth-order valence-corrected chi connectivity index (χ4v) is 2.25. The molecule has 0 aliphatic rings. The number of anilines is 1. The number of nitrogens with zero attached hydrogens (tertiary/aromatic N) is 1. The number of nitriles is 1. The molecule has 1 N–H and O–H groups in total. The van der Waals surface area contributed by atoms with E-state index in [0.717, 1.165) is 5.56 Å². The van der Waals surface area contributed by atoms with E-state index in [-0.39, 0.29) is 12.5 Å². The SMILES string of the molecule is COc1cc(NC(=O)/C=C/c2ccc(OCC#N)c(OC)c2)cc(OC)c1.